The number of rotatable bonds is 3. The van der Waals surface area contributed by atoms with Crippen LogP contribution in [0, 0.1) is 5.92 Å². The van der Waals surface area contributed by atoms with Crippen molar-refractivity contribution in [2.45, 2.75) is 11.3 Å². The fourth-order valence-electron chi connectivity index (χ4n) is 1.95. The summed E-state index contributed by atoms with van der Waals surface area (Å²) in [7, 11) is -3.49. The first-order valence-corrected chi connectivity index (χ1v) is 8.12. The Bertz CT molecular complexity index is 549. The van der Waals surface area contributed by atoms with E-state index >= 15 is 0 Å². The highest BCUT2D eigenvalue weighted by molar-refractivity contribution is 9.10. The molecule has 2 rings (SSSR count). The van der Waals surface area contributed by atoms with Crippen LogP contribution in [0.3, 0.4) is 0 Å². The lowest BCUT2D eigenvalue weighted by atomic mass is 10.1. The Kier molecular flexibility index (Phi) is 4.33. The minimum Gasteiger partial charge on any atom is -0.396 e. The Hall–Kier alpha value is -0.140. The van der Waals surface area contributed by atoms with E-state index < -0.39 is 10.0 Å². The summed E-state index contributed by atoms with van der Waals surface area (Å²) in [5, 5.41) is 9.53. The van der Waals surface area contributed by atoms with Crippen LogP contribution in [0.4, 0.5) is 0 Å². The standard InChI is InChI=1S/C11H13BrClNO3S/c12-10-5-9(1-2-11(10)13)18(16,17)14-4-3-8(6-14)7-15/h1-2,5,8,15H,3-4,6-7H2. The van der Waals surface area contributed by atoms with Gasteiger partial charge in [0.05, 0.1) is 9.92 Å². The van der Waals surface area contributed by atoms with Gasteiger partial charge >= 0.3 is 0 Å². The van der Waals surface area contributed by atoms with E-state index in [4.69, 9.17) is 16.7 Å². The maximum Gasteiger partial charge on any atom is 0.243 e. The van der Waals surface area contributed by atoms with E-state index in [0.717, 1.165) is 0 Å². The van der Waals surface area contributed by atoms with Crippen molar-refractivity contribution < 1.29 is 13.5 Å². The summed E-state index contributed by atoms with van der Waals surface area (Å²) in [5.41, 5.74) is 0. The van der Waals surface area contributed by atoms with Crippen molar-refractivity contribution in [1.82, 2.24) is 4.31 Å². The average Bonchev–Trinajstić information content (AvgIpc) is 2.81. The SMILES string of the molecule is O=S(=O)(c1ccc(Cl)c(Br)c1)N1CCC(CO)C1. The van der Waals surface area contributed by atoms with Crippen molar-refractivity contribution in [3.8, 4) is 0 Å². The van der Waals surface area contributed by atoms with Gasteiger partial charge in [0.1, 0.15) is 0 Å². The third kappa shape index (κ3) is 2.72. The topological polar surface area (TPSA) is 57.6 Å². The summed E-state index contributed by atoms with van der Waals surface area (Å²) in [6, 6.07) is 4.55. The van der Waals surface area contributed by atoms with Crippen LogP contribution in [0.25, 0.3) is 0 Å². The van der Waals surface area contributed by atoms with Crippen molar-refractivity contribution >= 4 is 37.6 Å². The van der Waals surface area contributed by atoms with Crippen molar-refractivity contribution in [3.05, 3.63) is 27.7 Å². The first-order chi connectivity index (χ1) is 8.45. The summed E-state index contributed by atoms with van der Waals surface area (Å²) in [6.45, 7) is 0.850. The molecule has 4 nitrogen and oxygen atoms in total. The van der Waals surface area contributed by atoms with Crippen LogP contribution in [-0.2, 0) is 10.0 Å². The van der Waals surface area contributed by atoms with Gasteiger partial charge < -0.3 is 5.11 Å². The molecule has 1 unspecified atom stereocenters. The van der Waals surface area contributed by atoms with Gasteiger partial charge in [-0.3, -0.25) is 0 Å². The molecule has 100 valence electrons. The Morgan fingerprint density at radius 3 is 2.78 bits per heavy atom. The number of aliphatic hydroxyl groups excluding tert-OH is 1. The lowest BCUT2D eigenvalue weighted by Gasteiger charge is -2.16. The lowest BCUT2D eigenvalue weighted by molar-refractivity contribution is 0.233. The smallest absolute Gasteiger partial charge is 0.243 e. The van der Waals surface area contributed by atoms with Gasteiger partial charge in [-0.25, -0.2) is 8.42 Å². The molecule has 1 aliphatic heterocycles. The van der Waals surface area contributed by atoms with Gasteiger partial charge in [0, 0.05) is 24.2 Å². The van der Waals surface area contributed by atoms with Gasteiger partial charge in [0.2, 0.25) is 10.0 Å². The normalized spacial score (nSPS) is 21.4. The predicted octanol–water partition coefficient (Wildman–Crippen LogP) is 2.11. The molecule has 0 amide bonds. The molecule has 0 aromatic heterocycles. The summed E-state index contributed by atoms with van der Waals surface area (Å²) < 4.78 is 26.6. The van der Waals surface area contributed by atoms with Crippen LogP contribution in [0.2, 0.25) is 5.02 Å². The number of halogens is 2. The molecule has 1 heterocycles. The van der Waals surface area contributed by atoms with Crippen LogP contribution in [0.1, 0.15) is 6.42 Å². The van der Waals surface area contributed by atoms with Crippen LogP contribution < -0.4 is 0 Å². The molecule has 1 aliphatic rings. The Morgan fingerprint density at radius 1 is 1.50 bits per heavy atom. The van der Waals surface area contributed by atoms with Crippen LogP contribution in [-0.4, -0.2) is 37.5 Å². The van der Waals surface area contributed by atoms with Gasteiger partial charge in [-0.05, 0) is 46.5 Å². The second-order valence-electron chi connectivity index (χ2n) is 4.28. The molecular formula is C11H13BrClNO3S. The number of sulfonamides is 1. The fraction of sp³-hybridized carbons (Fsp3) is 0.455. The first-order valence-electron chi connectivity index (χ1n) is 5.51. The molecule has 0 bridgehead atoms. The van der Waals surface area contributed by atoms with E-state index in [1.54, 1.807) is 6.07 Å². The van der Waals surface area contributed by atoms with E-state index in [0.29, 0.717) is 29.0 Å². The number of benzene rings is 1. The predicted molar refractivity (Wildman–Crippen MR) is 73.1 cm³/mol. The summed E-state index contributed by atoms with van der Waals surface area (Å²) in [5.74, 6) is 0.0375. The Morgan fingerprint density at radius 2 is 2.22 bits per heavy atom. The molecule has 1 saturated heterocycles. The van der Waals surface area contributed by atoms with E-state index in [1.807, 2.05) is 0 Å². The van der Waals surface area contributed by atoms with Crippen molar-refractivity contribution in [2.75, 3.05) is 19.7 Å². The largest absolute Gasteiger partial charge is 0.396 e. The summed E-state index contributed by atoms with van der Waals surface area (Å²) in [4.78, 5) is 0.220. The average molecular weight is 355 g/mol. The maximum absolute atomic E-state index is 12.3. The zero-order chi connectivity index (χ0) is 13.3. The zero-order valence-corrected chi connectivity index (χ0v) is 12.7. The second-order valence-corrected chi connectivity index (χ2v) is 7.48. The van der Waals surface area contributed by atoms with Gasteiger partial charge in [0.15, 0.2) is 0 Å². The van der Waals surface area contributed by atoms with Gasteiger partial charge in [0.25, 0.3) is 0 Å². The van der Waals surface area contributed by atoms with Gasteiger partial charge in [-0.1, -0.05) is 11.6 Å². The Labute approximate surface area is 120 Å². The Balaban J connectivity index is 2.28. The van der Waals surface area contributed by atoms with Crippen LogP contribution in [0.15, 0.2) is 27.6 Å². The third-order valence-corrected chi connectivity index (χ3v) is 6.11. The molecule has 0 radical (unpaired) electrons. The molecule has 18 heavy (non-hydrogen) atoms. The van der Waals surface area contributed by atoms with Crippen LogP contribution in [0.5, 0.6) is 0 Å². The molecule has 1 fully saturated rings. The second kappa shape index (κ2) is 5.46. The quantitative estimate of drug-likeness (QED) is 0.904. The number of hydrogen-bond acceptors (Lipinski definition) is 3. The molecule has 0 saturated carbocycles. The molecular weight excluding hydrogens is 342 g/mol. The van der Waals surface area contributed by atoms with E-state index in [-0.39, 0.29) is 17.4 Å². The van der Waals surface area contributed by atoms with Gasteiger partial charge in [-0.15, -0.1) is 0 Å². The highest BCUT2D eigenvalue weighted by Gasteiger charge is 2.32. The highest BCUT2D eigenvalue weighted by atomic mass is 79.9. The monoisotopic (exact) mass is 353 g/mol. The first kappa shape index (κ1) is 14.3. The number of nitrogens with zero attached hydrogens (tertiary/aromatic N) is 1. The molecule has 7 heteroatoms. The third-order valence-electron chi connectivity index (χ3n) is 3.04. The van der Waals surface area contributed by atoms with E-state index in [9.17, 15) is 8.42 Å². The highest BCUT2D eigenvalue weighted by Crippen LogP contribution is 2.29. The molecule has 0 spiro atoms. The van der Waals surface area contributed by atoms with Crippen molar-refractivity contribution in [1.29, 1.82) is 0 Å². The van der Waals surface area contributed by atoms with Gasteiger partial charge in [-0.2, -0.15) is 4.31 Å². The zero-order valence-electron chi connectivity index (χ0n) is 9.51. The minimum atomic E-state index is -3.49. The molecule has 0 aliphatic carbocycles. The summed E-state index contributed by atoms with van der Waals surface area (Å²) >= 11 is 9.07. The molecule has 1 N–H and O–H groups in total. The van der Waals surface area contributed by atoms with Crippen molar-refractivity contribution in [3.63, 3.8) is 0 Å². The summed E-state index contributed by atoms with van der Waals surface area (Å²) in [6.07, 6.45) is 0.699. The number of hydrogen-bond donors (Lipinski definition) is 1. The maximum atomic E-state index is 12.3. The molecule has 1 aromatic carbocycles. The van der Waals surface area contributed by atoms with E-state index in [2.05, 4.69) is 15.9 Å². The van der Waals surface area contributed by atoms with Crippen LogP contribution >= 0.6 is 27.5 Å². The van der Waals surface area contributed by atoms with E-state index in [1.165, 1.54) is 16.4 Å². The molecule has 1 aromatic rings. The minimum absolute atomic E-state index is 0.0241. The lowest BCUT2D eigenvalue weighted by Crippen LogP contribution is -2.29. The number of aliphatic hydroxyl groups is 1. The fourth-order valence-corrected chi connectivity index (χ4v) is 4.16. The molecule has 1 atom stereocenters. The van der Waals surface area contributed by atoms with Crippen molar-refractivity contribution in [2.24, 2.45) is 5.92 Å².